The maximum atomic E-state index is 12.5. The molecule has 2 aromatic rings. The Kier molecular flexibility index (Phi) is 6.70. The molecular formula is C21H27N3O3S. The third-order valence-corrected chi connectivity index (χ3v) is 6.81. The Hall–Kier alpha value is -2.38. The van der Waals surface area contributed by atoms with Crippen molar-refractivity contribution in [3.05, 3.63) is 60.2 Å². The van der Waals surface area contributed by atoms with Gasteiger partial charge in [-0.15, -0.1) is 0 Å². The van der Waals surface area contributed by atoms with Crippen molar-refractivity contribution in [2.75, 3.05) is 18.4 Å². The minimum Gasteiger partial charge on any atom is -0.335 e. The van der Waals surface area contributed by atoms with Gasteiger partial charge in [-0.05, 0) is 62.4 Å². The normalized spacial score (nSPS) is 15.9. The zero-order valence-corrected chi connectivity index (χ0v) is 16.9. The highest BCUT2D eigenvalue weighted by Crippen LogP contribution is 2.22. The van der Waals surface area contributed by atoms with Crippen LogP contribution in [0.3, 0.4) is 0 Å². The lowest BCUT2D eigenvalue weighted by Crippen LogP contribution is -2.36. The summed E-state index contributed by atoms with van der Waals surface area (Å²) < 4.78 is 26.6. The van der Waals surface area contributed by atoms with E-state index in [0.717, 1.165) is 25.7 Å². The lowest BCUT2D eigenvalue weighted by atomic mass is 10.1. The number of sulfonamides is 1. The molecule has 2 aromatic carbocycles. The molecule has 1 unspecified atom stereocenters. The predicted molar refractivity (Wildman–Crippen MR) is 111 cm³/mol. The average Bonchev–Trinajstić information content (AvgIpc) is 3.23. The Balaban J connectivity index is 1.50. The van der Waals surface area contributed by atoms with Crippen molar-refractivity contribution in [2.24, 2.45) is 0 Å². The molecule has 1 heterocycles. The molecule has 0 radical (unpaired) electrons. The summed E-state index contributed by atoms with van der Waals surface area (Å²) in [6, 6.07) is 16.2. The van der Waals surface area contributed by atoms with Crippen molar-refractivity contribution >= 4 is 21.7 Å². The summed E-state index contributed by atoms with van der Waals surface area (Å²) in [5.41, 5.74) is 1.81. The molecule has 3 rings (SSSR count). The first-order chi connectivity index (χ1) is 13.4. The van der Waals surface area contributed by atoms with Gasteiger partial charge in [-0.3, -0.25) is 0 Å². The van der Waals surface area contributed by atoms with E-state index < -0.39 is 10.0 Å². The lowest BCUT2D eigenvalue weighted by molar-refractivity contribution is 0.248. The summed E-state index contributed by atoms with van der Waals surface area (Å²) in [6.07, 6.45) is 3.54. The molecule has 150 valence electrons. The molecule has 1 saturated heterocycles. The number of nitrogens with zero attached hydrogens (tertiary/aromatic N) is 1. The maximum absolute atomic E-state index is 12.5. The third-order valence-electron chi connectivity index (χ3n) is 4.90. The van der Waals surface area contributed by atoms with Crippen LogP contribution in [0.25, 0.3) is 0 Å². The molecular weight excluding hydrogens is 374 g/mol. The fourth-order valence-corrected chi connectivity index (χ4v) is 4.80. The highest BCUT2D eigenvalue weighted by Gasteiger charge is 2.26. The first kappa shape index (κ1) is 20.4. The number of amides is 2. The van der Waals surface area contributed by atoms with Crippen LogP contribution in [0.4, 0.5) is 10.5 Å². The van der Waals surface area contributed by atoms with E-state index in [1.54, 1.807) is 24.3 Å². The largest absolute Gasteiger partial charge is 0.335 e. The van der Waals surface area contributed by atoms with Crippen LogP contribution in [0, 0.1) is 0 Å². The number of carbonyl (C=O) groups is 1. The predicted octanol–water partition coefficient (Wildman–Crippen LogP) is 3.61. The smallest absolute Gasteiger partial charge is 0.319 e. The van der Waals surface area contributed by atoms with Crippen molar-refractivity contribution in [3.8, 4) is 0 Å². The van der Waals surface area contributed by atoms with E-state index in [9.17, 15) is 13.2 Å². The molecule has 1 atom stereocenters. The van der Waals surface area contributed by atoms with Gasteiger partial charge in [0, 0.05) is 24.8 Å². The van der Waals surface area contributed by atoms with Gasteiger partial charge in [0.05, 0.1) is 4.90 Å². The van der Waals surface area contributed by atoms with Crippen LogP contribution in [-0.4, -0.2) is 37.9 Å². The maximum Gasteiger partial charge on any atom is 0.319 e. The van der Waals surface area contributed by atoms with Crippen LogP contribution >= 0.6 is 0 Å². The second-order valence-electron chi connectivity index (χ2n) is 7.16. The van der Waals surface area contributed by atoms with Crippen molar-refractivity contribution in [1.29, 1.82) is 0 Å². The summed E-state index contributed by atoms with van der Waals surface area (Å²) in [4.78, 5) is 12.4. The number of hydrogen-bond acceptors (Lipinski definition) is 3. The molecule has 1 aliphatic heterocycles. The summed E-state index contributed by atoms with van der Waals surface area (Å²) in [7, 11) is -3.43. The Labute approximate surface area is 167 Å². The van der Waals surface area contributed by atoms with Gasteiger partial charge in [0.25, 0.3) is 0 Å². The minimum absolute atomic E-state index is 0.0232. The zero-order valence-electron chi connectivity index (χ0n) is 16.1. The molecule has 2 amide bonds. The number of nitrogens with one attached hydrogen (secondary N) is 2. The summed E-state index contributed by atoms with van der Waals surface area (Å²) in [5.74, 6) is 0. The first-order valence-corrected chi connectivity index (χ1v) is 11.1. The molecule has 7 heteroatoms. The molecule has 1 aliphatic rings. The Morgan fingerprint density at radius 3 is 2.32 bits per heavy atom. The topological polar surface area (TPSA) is 78.5 Å². The van der Waals surface area contributed by atoms with E-state index in [1.165, 1.54) is 9.87 Å². The number of benzene rings is 2. The second-order valence-corrected chi connectivity index (χ2v) is 9.10. The SMILES string of the molecule is CC(CCc1ccccc1)NC(=O)Nc1ccc(S(=O)(=O)N2CCCC2)cc1. The van der Waals surface area contributed by atoms with Gasteiger partial charge in [0.2, 0.25) is 10.0 Å². The van der Waals surface area contributed by atoms with E-state index in [0.29, 0.717) is 18.8 Å². The standard InChI is InChI=1S/C21H27N3O3S/c1-17(9-10-18-7-3-2-4-8-18)22-21(25)23-19-11-13-20(14-12-19)28(26,27)24-15-5-6-16-24/h2-4,7-8,11-14,17H,5-6,9-10,15-16H2,1H3,(H2,22,23,25). The molecule has 0 bridgehead atoms. The van der Waals surface area contributed by atoms with Crippen LogP contribution in [0.15, 0.2) is 59.5 Å². The zero-order chi connectivity index (χ0) is 20.0. The van der Waals surface area contributed by atoms with Crippen LogP contribution in [0.2, 0.25) is 0 Å². The number of urea groups is 1. The van der Waals surface area contributed by atoms with E-state index >= 15 is 0 Å². The molecule has 2 N–H and O–H groups in total. The van der Waals surface area contributed by atoms with E-state index in [1.807, 2.05) is 25.1 Å². The van der Waals surface area contributed by atoms with Gasteiger partial charge in [-0.25, -0.2) is 13.2 Å². The monoisotopic (exact) mass is 401 g/mol. The number of hydrogen-bond donors (Lipinski definition) is 2. The quantitative estimate of drug-likeness (QED) is 0.744. The van der Waals surface area contributed by atoms with Gasteiger partial charge in [0.15, 0.2) is 0 Å². The minimum atomic E-state index is -3.43. The highest BCUT2D eigenvalue weighted by atomic mass is 32.2. The van der Waals surface area contributed by atoms with Crippen LogP contribution in [-0.2, 0) is 16.4 Å². The van der Waals surface area contributed by atoms with Crippen molar-refractivity contribution in [2.45, 2.75) is 43.5 Å². The average molecular weight is 402 g/mol. The van der Waals surface area contributed by atoms with E-state index in [-0.39, 0.29) is 17.0 Å². The number of carbonyl (C=O) groups excluding carboxylic acids is 1. The number of anilines is 1. The van der Waals surface area contributed by atoms with Gasteiger partial charge < -0.3 is 10.6 Å². The molecule has 28 heavy (non-hydrogen) atoms. The van der Waals surface area contributed by atoms with Gasteiger partial charge in [0.1, 0.15) is 0 Å². The van der Waals surface area contributed by atoms with Crippen molar-refractivity contribution < 1.29 is 13.2 Å². The van der Waals surface area contributed by atoms with Gasteiger partial charge >= 0.3 is 6.03 Å². The number of rotatable bonds is 7. The molecule has 0 spiro atoms. The Morgan fingerprint density at radius 1 is 1.04 bits per heavy atom. The Bertz CT molecular complexity index is 877. The third kappa shape index (κ3) is 5.33. The molecule has 1 fully saturated rings. The van der Waals surface area contributed by atoms with E-state index in [2.05, 4.69) is 22.8 Å². The van der Waals surface area contributed by atoms with Gasteiger partial charge in [-0.2, -0.15) is 4.31 Å². The molecule has 6 nitrogen and oxygen atoms in total. The van der Waals surface area contributed by atoms with Crippen LogP contribution < -0.4 is 10.6 Å². The van der Waals surface area contributed by atoms with Crippen molar-refractivity contribution in [1.82, 2.24) is 9.62 Å². The van der Waals surface area contributed by atoms with Crippen LogP contribution in [0.5, 0.6) is 0 Å². The van der Waals surface area contributed by atoms with Crippen molar-refractivity contribution in [3.63, 3.8) is 0 Å². The molecule has 0 aliphatic carbocycles. The second kappa shape index (κ2) is 9.21. The fraction of sp³-hybridized carbons (Fsp3) is 0.381. The highest BCUT2D eigenvalue weighted by molar-refractivity contribution is 7.89. The summed E-state index contributed by atoms with van der Waals surface area (Å²) in [6.45, 7) is 3.12. The summed E-state index contributed by atoms with van der Waals surface area (Å²) in [5, 5.41) is 5.67. The fourth-order valence-electron chi connectivity index (χ4n) is 3.28. The molecule has 0 saturated carbocycles. The first-order valence-electron chi connectivity index (χ1n) is 9.67. The Morgan fingerprint density at radius 2 is 1.68 bits per heavy atom. The number of aryl methyl sites for hydroxylation is 1. The lowest BCUT2D eigenvalue weighted by Gasteiger charge is -2.16. The molecule has 0 aromatic heterocycles. The van der Waals surface area contributed by atoms with Gasteiger partial charge in [-0.1, -0.05) is 30.3 Å². The van der Waals surface area contributed by atoms with E-state index in [4.69, 9.17) is 0 Å². The summed E-state index contributed by atoms with van der Waals surface area (Å²) >= 11 is 0. The van der Waals surface area contributed by atoms with Crippen LogP contribution in [0.1, 0.15) is 31.7 Å².